The number of aromatic nitrogens is 1. The fourth-order valence-electron chi connectivity index (χ4n) is 5.52. The molecule has 2 heterocycles. The van der Waals surface area contributed by atoms with Crippen molar-refractivity contribution in [2.45, 2.75) is 52.1 Å². The van der Waals surface area contributed by atoms with Crippen LogP contribution in [0, 0.1) is 5.92 Å². The highest BCUT2D eigenvalue weighted by Gasteiger charge is 2.28. The summed E-state index contributed by atoms with van der Waals surface area (Å²) in [6.07, 6.45) is -0.732. The Hall–Kier alpha value is -6.33. The number of benzene rings is 2. The predicted octanol–water partition coefficient (Wildman–Crippen LogP) is 5.33. The van der Waals surface area contributed by atoms with E-state index >= 15 is 0 Å². The molecule has 17 nitrogen and oxygen atoms in total. The molecular weight excluding hydrogens is 742 g/mol. The van der Waals surface area contributed by atoms with Gasteiger partial charge in [-0.1, -0.05) is 12.7 Å². The largest absolute Gasteiger partial charge is 0.511 e. The van der Waals surface area contributed by atoms with Gasteiger partial charge in [-0.15, -0.1) is 0 Å². The molecule has 2 aliphatic rings. The number of amides is 3. The molecule has 1 saturated heterocycles. The smallest absolute Gasteiger partial charge is 0.496 e. The normalized spacial score (nSPS) is 14.8. The molecule has 57 heavy (non-hydrogen) atoms. The van der Waals surface area contributed by atoms with Gasteiger partial charge in [0.25, 0.3) is 11.8 Å². The minimum absolute atomic E-state index is 0.0744. The Balaban J connectivity index is 1.44. The molecule has 1 unspecified atom stereocenters. The van der Waals surface area contributed by atoms with Crippen LogP contribution < -0.4 is 20.7 Å². The molecule has 1 aliphatic carbocycles. The average molecular weight is 788 g/mol. The Morgan fingerprint density at radius 3 is 2.30 bits per heavy atom. The topological polar surface area (TPSA) is 211 Å². The van der Waals surface area contributed by atoms with Crippen LogP contribution in [0.2, 0.25) is 0 Å². The Morgan fingerprint density at radius 2 is 1.67 bits per heavy atom. The van der Waals surface area contributed by atoms with E-state index in [9.17, 15) is 24.0 Å². The molecule has 0 radical (unpaired) electrons. The zero-order valence-corrected chi connectivity index (χ0v) is 32.2. The highest BCUT2D eigenvalue weighted by molar-refractivity contribution is 6.12. The maximum Gasteiger partial charge on any atom is 0.511 e. The van der Waals surface area contributed by atoms with Crippen LogP contribution in [-0.4, -0.2) is 100 Å². The molecule has 2 fully saturated rings. The molecule has 3 amide bonds. The Bertz CT molecular complexity index is 2010. The maximum absolute atomic E-state index is 14.1. The fraction of sp³-hybridized carbons (Fsp3) is 0.375. The predicted molar refractivity (Wildman–Crippen MR) is 206 cm³/mol. The summed E-state index contributed by atoms with van der Waals surface area (Å²) in [7, 11) is 2.94. The van der Waals surface area contributed by atoms with E-state index in [0.29, 0.717) is 35.0 Å². The number of nitrogens with zero attached hydrogens (tertiary/aromatic N) is 2. The van der Waals surface area contributed by atoms with Gasteiger partial charge in [-0.05, 0) is 81.1 Å². The minimum atomic E-state index is -1.41. The molecule has 0 spiro atoms. The average Bonchev–Trinajstić information content (AvgIpc) is 4.03. The number of alkyl carbamates (subject to hydrolysis) is 1. The number of methoxy groups -OCH3 is 1. The monoisotopic (exact) mass is 787 g/mol. The lowest BCUT2D eigenvalue weighted by Crippen LogP contribution is -2.39. The molecule has 1 aromatic heterocycles. The van der Waals surface area contributed by atoms with Crippen molar-refractivity contribution in [3.63, 3.8) is 0 Å². The first kappa shape index (κ1) is 41.8. The van der Waals surface area contributed by atoms with Crippen molar-refractivity contribution in [3.8, 4) is 16.9 Å². The van der Waals surface area contributed by atoms with E-state index in [1.807, 2.05) is 0 Å². The molecule has 17 heteroatoms. The van der Waals surface area contributed by atoms with Crippen molar-refractivity contribution in [2.75, 3.05) is 46.0 Å². The summed E-state index contributed by atoms with van der Waals surface area (Å²) in [5.41, 5.74) is 1.34. The van der Waals surface area contributed by atoms with Gasteiger partial charge in [-0.2, -0.15) is 0 Å². The number of rotatable bonds is 14. The Kier molecular flexibility index (Phi) is 14.3. The van der Waals surface area contributed by atoms with Gasteiger partial charge in [0.1, 0.15) is 24.1 Å². The summed E-state index contributed by atoms with van der Waals surface area (Å²) in [6.45, 7) is 9.42. The molecule has 1 saturated carbocycles. The van der Waals surface area contributed by atoms with Gasteiger partial charge in [0, 0.05) is 54.0 Å². The van der Waals surface area contributed by atoms with Gasteiger partial charge in [0.15, 0.2) is 11.8 Å². The minimum Gasteiger partial charge on any atom is -0.496 e. The third-order valence-electron chi connectivity index (χ3n) is 8.47. The van der Waals surface area contributed by atoms with Crippen LogP contribution >= 0.6 is 0 Å². The quantitative estimate of drug-likeness (QED) is 0.0621. The third kappa shape index (κ3) is 11.6. The maximum atomic E-state index is 14.1. The molecule has 1 aliphatic heterocycles. The number of aliphatic imine (C=N–C) groups is 1. The number of ether oxygens (including phenoxy) is 7. The summed E-state index contributed by atoms with van der Waals surface area (Å²) in [5, 5.41) is 8.28. The van der Waals surface area contributed by atoms with Gasteiger partial charge >= 0.3 is 18.2 Å². The second-order valence-corrected chi connectivity index (χ2v) is 13.2. The molecule has 0 bridgehead atoms. The van der Waals surface area contributed by atoms with E-state index in [-0.39, 0.29) is 53.9 Å². The van der Waals surface area contributed by atoms with Crippen molar-refractivity contribution >= 4 is 47.6 Å². The van der Waals surface area contributed by atoms with Crippen LogP contribution in [0.15, 0.2) is 60.1 Å². The number of carbonyl (C=O) groups excluding carboxylic acids is 5. The molecule has 1 atom stereocenters. The number of pyridine rings is 1. The molecular formula is C40H45N5O12. The van der Waals surface area contributed by atoms with Gasteiger partial charge < -0.3 is 43.8 Å². The third-order valence-corrected chi connectivity index (χ3v) is 8.47. The second kappa shape index (κ2) is 19.5. The zero-order valence-electron chi connectivity index (χ0n) is 32.2. The lowest BCUT2D eigenvalue weighted by Gasteiger charge is -2.22. The highest BCUT2D eigenvalue weighted by atomic mass is 16.8. The number of nitrogens with one attached hydrogen (secondary N) is 3. The van der Waals surface area contributed by atoms with Crippen LogP contribution in [0.3, 0.4) is 0 Å². The van der Waals surface area contributed by atoms with E-state index in [4.69, 9.17) is 33.2 Å². The first-order valence-corrected chi connectivity index (χ1v) is 18.1. The molecule has 3 N–H and O–H groups in total. The fourth-order valence-corrected chi connectivity index (χ4v) is 5.52. The first-order chi connectivity index (χ1) is 27.4. The molecule has 5 rings (SSSR count). The highest BCUT2D eigenvalue weighted by Crippen LogP contribution is 2.35. The zero-order chi connectivity index (χ0) is 41.1. The summed E-state index contributed by atoms with van der Waals surface area (Å²) in [6, 6.07) is 12.5. The van der Waals surface area contributed by atoms with Crippen LogP contribution in [0.25, 0.3) is 17.2 Å². The standard InChI is InChI=1S/C40H45N5O12/c1-7-25-16-31(36(46)43-27-12-10-26(11-13-27)35(41-5)45-39(49)57-28-19-52-21-53-20-28)30(17-33(25)51-6)29-14-15-32(37(47)42-18-24-8-9-24)44-34(29)38(48)55-23(4)56-40(50)54-22(2)3/h7,10-17,22-24,28H,1,8-9,18-21H2,2-6H3,(H,42,47)(H,43,46)(H,41,45,49). The van der Waals surface area contributed by atoms with Crippen molar-refractivity contribution in [1.82, 2.24) is 15.6 Å². The number of hydrogen-bond donors (Lipinski definition) is 3. The van der Waals surface area contributed by atoms with Crippen molar-refractivity contribution < 1.29 is 57.1 Å². The molecule has 3 aromatic rings. The SMILES string of the molecule is C=Cc1cc(C(=O)Nc2ccc(/C(=N\C)NC(=O)OC3COCOC3)cc2)c(-c2ccc(C(=O)NCC3CC3)nc2C(=O)OC(C)OC(=O)OC(C)C)cc1OC. The number of esters is 1. The number of hydrogen-bond acceptors (Lipinski definition) is 14. The van der Waals surface area contributed by atoms with Crippen molar-refractivity contribution in [1.29, 1.82) is 0 Å². The van der Waals surface area contributed by atoms with E-state index in [1.54, 1.807) is 38.1 Å². The summed E-state index contributed by atoms with van der Waals surface area (Å²) in [5.74, 6) is -1.23. The van der Waals surface area contributed by atoms with Gasteiger partial charge in [0.05, 0.1) is 26.4 Å². The van der Waals surface area contributed by atoms with Crippen LogP contribution in [0.4, 0.5) is 15.3 Å². The number of amidine groups is 1. The first-order valence-electron chi connectivity index (χ1n) is 18.1. The Labute approximate surface area is 329 Å². The van der Waals surface area contributed by atoms with Crippen molar-refractivity contribution in [3.05, 3.63) is 83.2 Å². The lowest BCUT2D eigenvalue weighted by atomic mass is 9.94. The Morgan fingerprint density at radius 1 is 0.947 bits per heavy atom. The van der Waals surface area contributed by atoms with Crippen molar-refractivity contribution in [2.24, 2.45) is 10.9 Å². The van der Waals surface area contributed by atoms with Crippen LogP contribution in [0.5, 0.6) is 5.75 Å². The summed E-state index contributed by atoms with van der Waals surface area (Å²) in [4.78, 5) is 74.1. The van der Waals surface area contributed by atoms with E-state index in [2.05, 4.69) is 32.5 Å². The van der Waals surface area contributed by atoms with Gasteiger partial charge in [-0.25, -0.2) is 19.4 Å². The second-order valence-electron chi connectivity index (χ2n) is 13.2. The van der Waals surface area contributed by atoms with E-state index in [1.165, 1.54) is 51.4 Å². The molecule has 302 valence electrons. The van der Waals surface area contributed by atoms with Crippen LogP contribution in [0.1, 0.15) is 76.1 Å². The molecule has 2 aromatic carbocycles. The van der Waals surface area contributed by atoms with Crippen LogP contribution in [-0.2, 0) is 28.4 Å². The van der Waals surface area contributed by atoms with E-state index < -0.39 is 48.5 Å². The lowest BCUT2D eigenvalue weighted by molar-refractivity contribution is -0.151. The number of carbonyl (C=O) groups is 5. The number of anilines is 1. The van der Waals surface area contributed by atoms with E-state index in [0.717, 1.165) is 12.8 Å². The summed E-state index contributed by atoms with van der Waals surface area (Å²) < 4.78 is 36.7. The summed E-state index contributed by atoms with van der Waals surface area (Å²) >= 11 is 0. The van der Waals surface area contributed by atoms with Gasteiger partial charge in [-0.3, -0.25) is 19.9 Å². The van der Waals surface area contributed by atoms with Gasteiger partial charge in [0.2, 0.25) is 6.29 Å².